The van der Waals surface area contributed by atoms with E-state index in [2.05, 4.69) is 120 Å². The third kappa shape index (κ3) is 4.44. The normalized spacial score (nSPS) is 11.0. The lowest BCUT2D eigenvalue weighted by atomic mass is 9.95. The number of pyridine rings is 1. The minimum absolute atomic E-state index is 0.860. The van der Waals surface area contributed by atoms with Gasteiger partial charge in [-0.25, -0.2) is 9.97 Å². The second kappa shape index (κ2) is 10.4. The molecule has 0 radical (unpaired) electrons. The highest BCUT2D eigenvalue weighted by molar-refractivity contribution is 6.02. The third-order valence-electron chi connectivity index (χ3n) is 7.19. The fourth-order valence-electron chi connectivity index (χ4n) is 5.19. The van der Waals surface area contributed by atoms with Gasteiger partial charge >= 0.3 is 0 Å². The van der Waals surface area contributed by atoms with E-state index in [9.17, 15) is 0 Å². The van der Waals surface area contributed by atoms with Crippen LogP contribution in [0.1, 0.15) is 0 Å². The standard InChI is InChI=1S/C37H25N3/c1-4-11-27(12-5-1)32-22-23-33(28-13-6-2-7-14-28)37-36(32)39-34(29-15-8-3-9-16-29)35(40-37)30-20-18-26(19-21-30)31-17-10-24-38-25-31/h1-25H. The summed E-state index contributed by atoms with van der Waals surface area (Å²) in [5.41, 5.74) is 12.1. The van der Waals surface area contributed by atoms with E-state index in [-0.39, 0.29) is 0 Å². The molecule has 40 heavy (non-hydrogen) atoms. The van der Waals surface area contributed by atoms with Crippen molar-refractivity contribution >= 4 is 11.0 Å². The topological polar surface area (TPSA) is 38.7 Å². The summed E-state index contributed by atoms with van der Waals surface area (Å²) in [6.45, 7) is 0. The zero-order valence-corrected chi connectivity index (χ0v) is 21.8. The Morgan fingerprint density at radius 2 is 0.750 bits per heavy atom. The lowest BCUT2D eigenvalue weighted by Gasteiger charge is -2.16. The minimum atomic E-state index is 0.860. The molecule has 0 aliphatic rings. The van der Waals surface area contributed by atoms with Crippen molar-refractivity contribution in [3.63, 3.8) is 0 Å². The Kier molecular flexibility index (Phi) is 6.15. The van der Waals surface area contributed by atoms with Gasteiger partial charge in [0, 0.05) is 34.6 Å². The average Bonchev–Trinajstić information content (AvgIpc) is 3.05. The molecule has 0 spiro atoms. The van der Waals surface area contributed by atoms with E-state index in [0.29, 0.717) is 0 Å². The number of rotatable bonds is 5. The highest BCUT2D eigenvalue weighted by atomic mass is 14.8. The lowest BCUT2D eigenvalue weighted by molar-refractivity contribution is 1.29. The molecule has 2 aromatic heterocycles. The first-order valence-corrected chi connectivity index (χ1v) is 13.4. The van der Waals surface area contributed by atoms with Gasteiger partial charge in [0.05, 0.1) is 22.4 Å². The second-order valence-corrected chi connectivity index (χ2v) is 9.70. The highest BCUT2D eigenvalue weighted by Gasteiger charge is 2.19. The molecule has 0 saturated carbocycles. The van der Waals surface area contributed by atoms with Gasteiger partial charge < -0.3 is 0 Å². The summed E-state index contributed by atoms with van der Waals surface area (Å²) < 4.78 is 0. The molecule has 0 N–H and O–H groups in total. The van der Waals surface area contributed by atoms with Crippen molar-refractivity contribution in [2.45, 2.75) is 0 Å². The second-order valence-electron chi connectivity index (χ2n) is 9.70. The van der Waals surface area contributed by atoms with Crippen molar-refractivity contribution < 1.29 is 0 Å². The van der Waals surface area contributed by atoms with E-state index in [0.717, 1.165) is 66.9 Å². The molecule has 7 rings (SSSR count). The predicted octanol–water partition coefficient (Wildman–Crippen LogP) is 9.36. The fraction of sp³-hybridized carbons (Fsp3) is 0. The third-order valence-corrected chi connectivity index (χ3v) is 7.19. The largest absolute Gasteiger partial charge is 0.264 e. The summed E-state index contributed by atoms with van der Waals surface area (Å²) in [5.74, 6) is 0. The molecule has 3 nitrogen and oxygen atoms in total. The molecule has 0 atom stereocenters. The van der Waals surface area contributed by atoms with Crippen LogP contribution in [0.2, 0.25) is 0 Å². The summed E-state index contributed by atoms with van der Waals surface area (Å²) in [5, 5.41) is 0. The Morgan fingerprint density at radius 3 is 1.23 bits per heavy atom. The maximum atomic E-state index is 5.41. The zero-order chi connectivity index (χ0) is 26.7. The molecule has 0 unspecified atom stereocenters. The van der Waals surface area contributed by atoms with Crippen LogP contribution in [0.25, 0.3) is 66.9 Å². The van der Waals surface area contributed by atoms with E-state index >= 15 is 0 Å². The minimum Gasteiger partial charge on any atom is -0.264 e. The van der Waals surface area contributed by atoms with Gasteiger partial charge in [-0.15, -0.1) is 0 Å². The Hall–Kier alpha value is -5.41. The van der Waals surface area contributed by atoms with Crippen LogP contribution in [0.4, 0.5) is 0 Å². The summed E-state index contributed by atoms with van der Waals surface area (Å²) in [6.07, 6.45) is 3.68. The zero-order valence-electron chi connectivity index (χ0n) is 21.8. The smallest absolute Gasteiger partial charge is 0.0979 e. The van der Waals surface area contributed by atoms with Gasteiger partial charge in [-0.2, -0.15) is 0 Å². The summed E-state index contributed by atoms with van der Waals surface area (Å²) in [6, 6.07) is 48.1. The first-order valence-electron chi connectivity index (χ1n) is 13.4. The molecule has 0 saturated heterocycles. The number of hydrogen-bond acceptors (Lipinski definition) is 3. The maximum absolute atomic E-state index is 5.41. The highest BCUT2D eigenvalue weighted by Crippen LogP contribution is 2.38. The van der Waals surface area contributed by atoms with E-state index in [1.165, 1.54) is 0 Å². The van der Waals surface area contributed by atoms with Crippen molar-refractivity contribution in [1.29, 1.82) is 0 Å². The summed E-state index contributed by atoms with van der Waals surface area (Å²) in [4.78, 5) is 15.1. The van der Waals surface area contributed by atoms with Crippen molar-refractivity contribution in [2.75, 3.05) is 0 Å². The first-order chi connectivity index (χ1) is 19.8. The van der Waals surface area contributed by atoms with E-state index in [1.54, 1.807) is 6.20 Å². The number of nitrogens with zero attached hydrogens (tertiary/aromatic N) is 3. The van der Waals surface area contributed by atoms with Gasteiger partial charge in [-0.1, -0.05) is 133 Å². The molecule has 2 heterocycles. The first kappa shape index (κ1) is 23.7. The van der Waals surface area contributed by atoms with Crippen LogP contribution in [0.5, 0.6) is 0 Å². The van der Waals surface area contributed by atoms with Gasteiger partial charge in [0.2, 0.25) is 0 Å². The Morgan fingerprint density at radius 1 is 0.325 bits per heavy atom. The predicted molar refractivity (Wildman–Crippen MR) is 165 cm³/mol. The van der Waals surface area contributed by atoms with Crippen LogP contribution in [0.15, 0.2) is 152 Å². The molecule has 5 aromatic carbocycles. The van der Waals surface area contributed by atoms with E-state index in [1.807, 2.05) is 30.5 Å². The average molecular weight is 512 g/mol. The van der Waals surface area contributed by atoms with Gasteiger partial charge in [0.1, 0.15) is 0 Å². The van der Waals surface area contributed by atoms with Gasteiger partial charge in [-0.3, -0.25) is 4.98 Å². The molecule has 0 bridgehead atoms. The summed E-state index contributed by atoms with van der Waals surface area (Å²) >= 11 is 0. The van der Waals surface area contributed by atoms with Crippen LogP contribution in [-0.2, 0) is 0 Å². The van der Waals surface area contributed by atoms with Crippen molar-refractivity contribution in [3.8, 4) is 55.9 Å². The van der Waals surface area contributed by atoms with E-state index in [4.69, 9.17) is 9.97 Å². The molecule has 0 fully saturated rings. The lowest BCUT2D eigenvalue weighted by Crippen LogP contribution is -1.99. The maximum Gasteiger partial charge on any atom is 0.0979 e. The molecular weight excluding hydrogens is 486 g/mol. The number of benzene rings is 5. The van der Waals surface area contributed by atoms with Gasteiger partial charge in [0.25, 0.3) is 0 Å². The summed E-state index contributed by atoms with van der Waals surface area (Å²) in [7, 11) is 0. The molecule has 7 aromatic rings. The monoisotopic (exact) mass is 511 g/mol. The Bertz CT molecular complexity index is 1900. The molecular formula is C37H25N3. The SMILES string of the molecule is c1ccc(-c2nc3c(-c4ccccc4)ccc(-c4ccccc4)c3nc2-c2ccc(-c3cccnc3)cc2)cc1. The molecule has 3 heteroatoms. The quantitative estimate of drug-likeness (QED) is 0.231. The molecule has 0 aliphatic heterocycles. The fourth-order valence-corrected chi connectivity index (χ4v) is 5.19. The Labute approximate surface area is 233 Å². The van der Waals surface area contributed by atoms with Crippen LogP contribution in [0.3, 0.4) is 0 Å². The van der Waals surface area contributed by atoms with Crippen molar-refractivity contribution in [3.05, 3.63) is 152 Å². The Balaban J connectivity index is 1.51. The van der Waals surface area contributed by atoms with Gasteiger partial charge in [0.15, 0.2) is 0 Å². The molecule has 0 amide bonds. The number of aromatic nitrogens is 3. The van der Waals surface area contributed by atoms with Crippen LogP contribution < -0.4 is 0 Å². The van der Waals surface area contributed by atoms with Crippen LogP contribution >= 0.6 is 0 Å². The van der Waals surface area contributed by atoms with Gasteiger partial charge in [-0.05, 0) is 28.3 Å². The van der Waals surface area contributed by atoms with Crippen molar-refractivity contribution in [2.24, 2.45) is 0 Å². The number of fused-ring (bicyclic) bond motifs is 1. The van der Waals surface area contributed by atoms with Crippen LogP contribution in [-0.4, -0.2) is 15.0 Å². The van der Waals surface area contributed by atoms with E-state index < -0.39 is 0 Å². The van der Waals surface area contributed by atoms with Crippen molar-refractivity contribution in [1.82, 2.24) is 15.0 Å². The van der Waals surface area contributed by atoms with Crippen LogP contribution in [0, 0.1) is 0 Å². The molecule has 0 aliphatic carbocycles. The number of hydrogen-bond donors (Lipinski definition) is 0. The molecule has 188 valence electrons.